The molecule has 3 rings (SSSR count). The van der Waals surface area contributed by atoms with Crippen LogP contribution in [-0.4, -0.2) is 28.5 Å². The third-order valence-corrected chi connectivity index (χ3v) is 4.04. The molecule has 0 spiro atoms. The lowest BCUT2D eigenvalue weighted by Gasteiger charge is -2.24. The van der Waals surface area contributed by atoms with Gasteiger partial charge in [-0.05, 0) is 49.9 Å². The first-order chi connectivity index (χ1) is 11.5. The van der Waals surface area contributed by atoms with Crippen molar-refractivity contribution in [3.05, 3.63) is 59.2 Å². The fourth-order valence-corrected chi connectivity index (χ4v) is 2.49. The number of halogens is 1. The maximum Gasteiger partial charge on any atom is 0.338 e. The molecule has 6 heteroatoms. The van der Waals surface area contributed by atoms with Crippen molar-refractivity contribution in [1.82, 2.24) is 4.98 Å². The number of amides is 1. The number of hydrogen-bond acceptors (Lipinski definition) is 3. The zero-order valence-corrected chi connectivity index (χ0v) is 13.2. The molecule has 1 amide bonds. The van der Waals surface area contributed by atoms with Crippen molar-refractivity contribution in [1.29, 1.82) is 0 Å². The Morgan fingerprint density at radius 3 is 2.62 bits per heavy atom. The lowest BCUT2D eigenvalue weighted by Crippen LogP contribution is -2.34. The molecule has 0 atom stereocenters. The first kappa shape index (κ1) is 16.1. The molecule has 0 saturated heterocycles. The van der Waals surface area contributed by atoms with Crippen LogP contribution in [0.3, 0.4) is 0 Å². The summed E-state index contributed by atoms with van der Waals surface area (Å²) in [5.41, 5.74) is 0.677. The summed E-state index contributed by atoms with van der Waals surface area (Å²) < 4.78 is 14.6. The molecule has 0 radical (unpaired) electrons. The lowest BCUT2D eigenvalue weighted by molar-refractivity contribution is 0.0691. The molecule has 1 aromatic heterocycles. The van der Waals surface area contributed by atoms with Gasteiger partial charge in [-0.15, -0.1) is 0 Å². The van der Waals surface area contributed by atoms with Crippen molar-refractivity contribution >= 4 is 17.6 Å². The van der Waals surface area contributed by atoms with Crippen LogP contribution in [0.2, 0.25) is 0 Å². The Labute approximate surface area is 138 Å². The molecule has 1 fully saturated rings. The van der Waals surface area contributed by atoms with E-state index >= 15 is 0 Å². The largest absolute Gasteiger partial charge is 0.478 e. The topological polar surface area (TPSA) is 70.5 Å². The molecule has 24 heavy (non-hydrogen) atoms. The fourth-order valence-electron chi connectivity index (χ4n) is 2.49. The highest BCUT2D eigenvalue weighted by atomic mass is 19.1. The zero-order chi connectivity index (χ0) is 17.3. The van der Waals surface area contributed by atoms with E-state index in [-0.39, 0.29) is 11.6 Å². The van der Waals surface area contributed by atoms with Gasteiger partial charge in [-0.2, -0.15) is 0 Å². The molecule has 0 bridgehead atoms. The molecular formula is C18H17FN2O3. The van der Waals surface area contributed by atoms with Crippen molar-refractivity contribution in [3.8, 4) is 0 Å². The number of aromatic carboxylic acids is 1. The Kier molecular flexibility index (Phi) is 4.29. The van der Waals surface area contributed by atoms with Crippen LogP contribution in [0.1, 0.15) is 39.3 Å². The maximum atomic E-state index is 14.6. The molecule has 1 aliphatic carbocycles. The third-order valence-electron chi connectivity index (χ3n) is 4.04. The van der Waals surface area contributed by atoms with Gasteiger partial charge in [0.25, 0.3) is 5.91 Å². The van der Waals surface area contributed by atoms with Gasteiger partial charge >= 0.3 is 5.97 Å². The average molecular weight is 328 g/mol. The molecular weight excluding hydrogens is 311 g/mol. The van der Waals surface area contributed by atoms with Crippen LogP contribution in [0.25, 0.3) is 0 Å². The van der Waals surface area contributed by atoms with Gasteiger partial charge < -0.3 is 10.0 Å². The lowest BCUT2D eigenvalue weighted by atomic mass is 10.1. The van der Waals surface area contributed by atoms with E-state index in [2.05, 4.69) is 4.98 Å². The van der Waals surface area contributed by atoms with E-state index in [0.29, 0.717) is 18.0 Å². The van der Waals surface area contributed by atoms with Crippen molar-refractivity contribution in [2.24, 2.45) is 5.92 Å². The second kappa shape index (κ2) is 6.39. The molecule has 124 valence electrons. The molecule has 1 aromatic carbocycles. The van der Waals surface area contributed by atoms with Crippen LogP contribution in [0.5, 0.6) is 0 Å². The van der Waals surface area contributed by atoms with Gasteiger partial charge in [0.2, 0.25) is 0 Å². The zero-order valence-electron chi connectivity index (χ0n) is 13.2. The highest BCUT2D eigenvalue weighted by Gasteiger charge is 2.30. The van der Waals surface area contributed by atoms with Crippen LogP contribution in [0.4, 0.5) is 10.1 Å². The smallest absolute Gasteiger partial charge is 0.338 e. The standard InChI is InChI=1S/C18H17FN2O3/c1-11-5-8-13(9-20-11)17(22)21(10-12-6-7-12)15-4-2-3-14(16(15)19)18(23)24/h2-5,8-9,12H,6-7,10H2,1H3,(H,23,24). The summed E-state index contributed by atoms with van der Waals surface area (Å²) in [7, 11) is 0. The maximum absolute atomic E-state index is 14.6. The second-order valence-corrected chi connectivity index (χ2v) is 5.99. The van der Waals surface area contributed by atoms with E-state index in [9.17, 15) is 14.0 Å². The van der Waals surface area contributed by atoms with Crippen molar-refractivity contribution in [2.75, 3.05) is 11.4 Å². The average Bonchev–Trinajstić information content (AvgIpc) is 3.37. The van der Waals surface area contributed by atoms with E-state index in [1.807, 2.05) is 6.92 Å². The Hall–Kier alpha value is -2.76. The number of aromatic nitrogens is 1. The summed E-state index contributed by atoms with van der Waals surface area (Å²) in [6, 6.07) is 7.43. The summed E-state index contributed by atoms with van der Waals surface area (Å²) >= 11 is 0. The summed E-state index contributed by atoms with van der Waals surface area (Å²) in [6.07, 6.45) is 3.42. The minimum Gasteiger partial charge on any atom is -0.478 e. The highest BCUT2D eigenvalue weighted by Crippen LogP contribution is 2.33. The first-order valence-corrected chi connectivity index (χ1v) is 7.73. The van der Waals surface area contributed by atoms with E-state index in [0.717, 1.165) is 18.5 Å². The highest BCUT2D eigenvalue weighted by molar-refractivity contribution is 6.06. The monoisotopic (exact) mass is 328 g/mol. The Balaban J connectivity index is 2.00. The molecule has 1 N–H and O–H groups in total. The molecule has 0 unspecified atom stereocenters. The van der Waals surface area contributed by atoms with Gasteiger partial charge in [-0.1, -0.05) is 6.07 Å². The number of anilines is 1. The summed E-state index contributed by atoms with van der Waals surface area (Å²) in [5.74, 6) is -2.31. The second-order valence-electron chi connectivity index (χ2n) is 5.99. The van der Waals surface area contributed by atoms with Gasteiger partial charge in [0.15, 0.2) is 5.82 Å². The Morgan fingerprint density at radius 2 is 2.04 bits per heavy atom. The molecule has 2 aromatic rings. The summed E-state index contributed by atoms with van der Waals surface area (Å²) in [6.45, 7) is 2.18. The number of carboxylic acids is 1. The van der Waals surface area contributed by atoms with Gasteiger partial charge in [0.05, 0.1) is 16.8 Å². The van der Waals surface area contributed by atoms with Crippen molar-refractivity contribution < 1.29 is 19.1 Å². The third kappa shape index (κ3) is 3.27. The van der Waals surface area contributed by atoms with Gasteiger partial charge in [-0.3, -0.25) is 9.78 Å². The van der Waals surface area contributed by atoms with E-state index in [1.54, 1.807) is 12.1 Å². The van der Waals surface area contributed by atoms with E-state index in [4.69, 9.17) is 5.11 Å². The van der Waals surface area contributed by atoms with Crippen LogP contribution in [0, 0.1) is 18.7 Å². The number of pyridine rings is 1. The molecule has 1 aliphatic rings. The number of hydrogen-bond donors (Lipinski definition) is 1. The fraction of sp³-hybridized carbons (Fsp3) is 0.278. The molecule has 1 saturated carbocycles. The summed E-state index contributed by atoms with van der Waals surface area (Å²) in [5, 5.41) is 9.10. The Morgan fingerprint density at radius 1 is 1.29 bits per heavy atom. The quantitative estimate of drug-likeness (QED) is 0.914. The number of benzene rings is 1. The minimum atomic E-state index is -1.36. The van der Waals surface area contributed by atoms with E-state index in [1.165, 1.54) is 29.3 Å². The normalized spacial score (nSPS) is 13.6. The number of rotatable bonds is 5. The van der Waals surface area contributed by atoms with E-state index < -0.39 is 17.3 Å². The van der Waals surface area contributed by atoms with Crippen LogP contribution in [-0.2, 0) is 0 Å². The number of aryl methyl sites for hydroxylation is 1. The van der Waals surface area contributed by atoms with Crippen molar-refractivity contribution in [3.63, 3.8) is 0 Å². The van der Waals surface area contributed by atoms with Gasteiger partial charge in [-0.25, -0.2) is 9.18 Å². The number of carbonyl (C=O) groups is 2. The van der Waals surface area contributed by atoms with Crippen LogP contribution < -0.4 is 4.90 Å². The van der Waals surface area contributed by atoms with Crippen molar-refractivity contribution in [2.45, 2.75) is 19.8 Å². The SMILES string of the molecule is Cc1ccc(C(=O)N(CC2CC2)c2cccc(C(=O)O)c2F)cn1. The minimum absolute atomic E-state index is 0.00706. The molecule has 0 aliphatic heterocycles. The number of nitrogens with zero attached hydrogens (tertiary/aromatic N) is 2. The number of carboxylic acid groups (broad SMARTS) is 1. The van der Waals surface area contributed by atoms with Gasteiger partial charge in [0.1, 0.15) is 0 Å². The van der Waals surface area contributed by atoms with Crippen LogP contribution >= 0.6 is 0 Å². The predicted octanol–water partition coefficient (Wildman–Crippen LogP) is 3.28. The van der Waals surface area contributed by atoms with Gasteiger partial charge in [0, 0.05) is 18.4 Å². The first-order valence-electron chi connectivity index (χ1n) is 7.73. The number of carbonyl (C=O) groups excluding carboxylic acids is 1. The predicted molar refractivity (Wildman–Crippen MR) is 86.7 cm³/mol. The Bertz CT molecular complexity index is 785. The van der Waals surface area contributed by atoms with Crippen LogP contribution in [0.15, 0.2) is 36.5 Å². The molecule has 1 heterocycles. The molecule has 5 nitrogen and oxygen atoms in total. The summed E-state index contributed by atoms with van der Waals surface area (Å²) in [4.78, 5) is 29.4.